The number of sulfonamides is 1. The van der Waals surface area contributed by atoms with E-state index < -0.39 is 10.0 Å². The molecular formula is C19H19N3O3S2. The summed E-state index contributed by atoms with van der Waals surface area (Å²) in [5.74, 6) is -0.295. The summed E-state index contributed by atoms with van der Waals surface area (Å²) in [5, 5.41) is 3.14. The largest absolute Gasteiger partial charge is 0.298 e. The maximum atomic E-state index is 12.4. The molecule has 0 saturated heterocycles. The Labute approximate surface area is 162 Å². The summed E-state index contributed by atoms with van der Waals surface area (Å²) >= 11 is 1.24. The lowest BCUT2D eigenvalue weighted by molar-refractivity contribution is -0.111. The summed E-state index contributed by atoms with van der Waals surface area (Å²) in [6.45, 7) is 2.16. The van der Waals surface area contributed by atoms with Crippen molar-refractivity contribution in [2.24, 2.45) is 0 Å². The minimum absolute atomic E-state index is 0.213. The molecule has 140 valence electrons. The van der Waals surface area contributed by atoms with E-state index in [1.807, 2.05) is 30.3 Å². The minimum Gasteiger partial charge on any atom is -0.298 e. The molecule has 0 atom stereocenters. The molecule has 0 fully saturated rings. The summed E-state index contributed by atoms with van der Waals surface area (Å²) in [4.78, 5) is 16.6. The number of amides is 1. The van der Waals surface area contributed by atoms with Crippen LogP contribution in [0.2, 0.25) is 0 Å². The van der Waals surface area contributed by atoms with Gasteiger partial charge in [-0.25, -0.2) is 17.7 Å². The van der Waals surface area contributed by atoms with Crippen LogP contribution in [-0.4, -0.2) is 37.2 Å². The van der Waals surface area contributed by atoms with Crippen LogP contribution in [0.1, 0.15) is 12.5 Å². The second kappa shape index (κ2) is 7.99. The third-order valence-corrected chi connectivity index (χ3v) is 6.83. The molecule has 0 aliphatic rings. The molecule has 6 nitrogen and oxygen atoms in total. The fourth-order valence-corrected chi connectivity index (χ4v) is 4.54. The van der Waals surface area contributed by atoms with E-state index in [9.17, 15) is 13.2 Å². The van der Waals surface area contributed by atoms with E-state index in [2.05, 4.69) is 10.3 Å². The second-order valence-corrected chi connectivity index (χ2v) is 8.88. The molecule has 0 radical (unpaired) electrons. The van der Waals surface area contributed by atoms with Crippen molar-refractivity contribution in [2.75, 3.05) is 18.9 Å². The number of benzene rings is 2. The number of fused-ring (bicyclic) bond motifs is 1. The van der Waals surface area contributed by atoms with Gasteiger partial charge in [-0.3, -0.25) is 10.1 Å². The van der Waals surface area contributed by atoms with Gasteiger partial charge < -0.3 is 0 Å². The number of nitrogens with one attached hydrogen (secondary N) is 1. The van der Waals surface area contributed by atoms with Gasteiger partial charge in [0.1, 0.15) is 0 Å². The van der Waals surface area contributed by atoms with Crippen LogP contribution in [0.5, 0.6) is 0 Å². The average molecular weight is 402 g/mol. The molecule has 3 aromatic rings. The van der Waals surface area contributed by atoms with Gasteiger partial charge in [-0.2, -0.15) is 0 Å². The smallest absolute Gasteiger partial charge is 0.250 e. The van der Waals surface area contributed by atoms with Crippen molar-refractivity contribution in [3.8, 4) is 0 Å². The van der Waals surface area contributed by atoms with Gasteiger partial charge in [0.15, 0.2) is 5.13 Å². The molecule has 0 unspecified atom stereocenters. The predicted octanol–water partition coefficient (Wildman–Crippen LogP) is 3.59. The standard InChI is InChI=1S/C19H19N3O3S2/c1-3-22(2)27(24,25)15-10-11-16-17(13-15)26-19(20-16)21-18(23)12-9-14-7-5-4-6-8-14/h4-13H,3H2,1-2H3,(H,20,21,23). The van der Waals surface area contributed by atoms with Crippen molar-refractivity contribution in [2.45, 2.75) is 11.8 Å². The number of rotatable bonds is 6. The van der Waals surface area contributed by atoms with Gasteiger partial charge in [-0.1, -0.05) is 48.6 Å². The van der Waals surface area contributed by atoms with E-state index in [0.29, 0.717) is 21.9 Å². The molecule has 0 bridgehead atoms. The number of thiazole rings is 1. The van der Waals surface area contributed by atoms with Crippen LogP contribution < -0.4 is 5.32 Å². The molecule has 1 amide bonds. The van der Waals surface area contributed by atoms with Gasteiger partial charge in [0, 0.05) is 19.7 Å². The number of hydrogen-bond donors (Lipinski definition) is 1. The zero-order valence-electron chi connectivity index (χ0n) is 14.9. The highest BCUT2D eigenvalue weighted by Gasteiger charge is 2.20. The molecule has 3 rings (SSSR count). The lowest BCUT2D eigenvalue weighted by Crippen LogP contribution is -2.26. The number of hydrogen-bond acceptors (Lipinski definition) is 5. The molecule has 1 aromatic heterocycles. The van der Waals surface area contributed by atoms with Crippen molar-refractivity contribution in [1.29, 1.82) is 0 Å². The molecule has 1 heterocycles. The van der Waals surface area contributed by atoms with Crippen molar-refractivity contribution in [1.82, 2.24) is 9.29 Å². The molecule has 8 heteroatoms. The van der Waals surface area contributed by atoms with Crippen LogP contribution in [0.3, 0.4) is 0 Å². The van der Waals surface area contributed by atoms with Crippen molar-refractivity contribution in [3.63, 3.8) is 0 Å². The Morgan fingerprint density at radius 3 is 2.67 bits per heavy atom. The average Bonchev–Trinajstić information content (AvgIpc) is 3.07. The highest BCUT2D eigenvalue weighted by molar-refractivity contribution is 7.89. The normalized spacial score (nSPS) is 12.1. The van der Waals surface area contributed by atoms with Gasteiger partial charge in [0.2, 0.25) is 15.9 Å². The van der Waals surface area contributed by atoms with Crippen LogP contribution in [-0.2, 0) is 14.8 Å². The summed E-state index contributed by atoms with van der Waals surface area (Å²) in [7, 11) is -1.98. The van der Waals surface area contributed by atoms with E-state index in [4.69, 9.17) is 0 Å². The highest BCUT2D eigenvalue weighted by Crippen LogP contribution is 2.29. The van der Waals surface area contributed by atoms with Crippen LogP contribution in [0.25, 0.3) is 16.3 Å². The van der Waals surface area contributed by atoms with Gasteiger partial charge >= 0.3 is 0 Å². The van der Waals surface area contributed by atoms with Crippen molar-refractivity contribution in [3.05, 3.63) is 60.2 Å². The Bertz CT molecular complexity index is 1090. The van der Waals surface area contributed by atoms with E-state index in [0.717, 1.165) is 5.56 Å². The van der Waals surface area contributed by atoms with Crippen molar-refractivity contribution >= 4 is 48.7 Å². The Morgan fingerprint density at radius 2 is 1.96 bits per heavy atom. The Hall–Kier alpha value is -2.55. The summed E-state index contributed by atoms with van der Waals surface area (Å²) in [5.41, 5.74) is 1.56. The molecule has 2 aromatic carbocycles. The van der Waals surface area contributed by atoms with Gasteiger partial charge in [-0.05, 0) is 29.8 Å². The molecule has 0 aliphatic heterocycles. The summed E-state index contributed by atoms with van der Waals surface area (Å²) in [6.07, 6.45) is 3.15. The lowest BCUT2D eigenvalue weighted by atomic mass is 10.2. The maximum Gasteiger partial charge on any atom is 0.250 e. The molecular weight excluding hydrogens is 382 g/mol. The number of nitrogens with zero attached hydrogens (tertiary/aromatic N) is 2. The Balaban J connectivity index is 1.79. The summed E-state index contributed by atoms with van der Waals surface area (Å²) in [6, 6.07) is 14.3. The highest BCUT2D eigenvalue weighted by atomic mass is 32.2. The van der Waals surface area contributed by atoms with Crippen molar-refractivity contribution < 1.29 is 13.2 Å². The van der Waals surface area contributed by atoms with E-state index >= 15 is 0 Å². The number of carbonyl (C=O) groups is 1. The fourth-order valence-electron chi connectivity index (χ4n) is 2.35. The van der Waals surface area contributed by atoms with Crippen LogP contribution in [0, 0.1) is 0 Å². The van der Waals surface area contributed by atoms with E-state index in [1.54, 1.807) is 25.1 Å². The first-order valence-electron chi connectivity index (χ1n) is 8.31. The zero-order chi connectivity index (χ0) is 19.4. The van der Waals surface area contributed by atoms with Crippen LogP contribution in [0.4, 0.5) is 5.13 Å². The second-order valence-electron chi connectivity index (χ2n) is 5.80. The first kappa shape index (κ1) is 19.2. The molecule has 0 aliphatic carbocycles. The number of anilines is 1. The van der Waals surface area contributed by atoms with E-state index in [-0.39, 0.29) is 10.8 Å². The summed E-state index contributed by atoms with van der Waals surface area (Å²) < 4.78 is 26.9. The topological polar surface area (TPSA) is 79.4 Å². The fraction of sp³-hybridized carbons (Fsp3) is 0.158. The Kier molecular flexibility index (Phi) is 5.69. The quantitative estimate of drug-likeness (QED) is 0.640. The maximum absolute atomic E-state index is 12.4. The number of aromatic nitrogens is 1. The monoisotopic (exact) mass is 401 g/mol. The van der Waals surface area contributed by atoms with Gasteiger partial charge in [0.25, 0.3) is 0 Å². The molecule has 27 heavy (non-hydrogen) atoms. The third-order valence-electron chi connectivity index (χ3n) is 3.97. The third kappa shape index (κ3) is 4.41. The van der Waals surface area contributed by atoms with Crippen LogP contribution >= 0.6 is 11.3 Å². The van der Waals surface area contributed by atoms with Gasteiger partial charge in [-0.15, -0.1) is 0 Å². The minimum atomic E-state index is -3.52. The van der Waals surface area contributed by atoms with E-state index in [1.165, 1.54) is 34.8 Å². The first-order valence-corrected chi connectivity index (χ1v) is 10.6. The molecule has 0 saturated carbocycles. The van der Waals surface area contributed by atoms with Crippen LogP contribution in [0.15, 0.2) is 59.5 Å². The molecule has 0 spiro atoms. The zero-order valence-corrected chi connectivity index (χ0v) is 16.5. The van der Waals surface area contributed by atoms with Gasteiger partial charge in [0.05, 0.1) is 15.1 Å². The SMILES string of the molecule is CCN(C)S(=O)(=O)c1ccc2nc(NC(=O)C=Cc3ccccc3)sc2c1. The first-order chi connectivity index (χ1) is 12.9. The lowest BCUT2D eigenvalue weighted by Gasteiger charge is -2.14. The molecule has 1 N–H and O–H groups in total. The Morgan fingerprint density at radius 1 is 1.22 bits per heavy atom. The predicted molar refractivity (Wildman–Crippen MR) is 109 cm³/mol. The number of carbonyl (C=O) groups excluding carboxylic acids is 1.